The van der Waals surface area contributed by atoms with Crippen molar-refractivity contribution in [3.63, 3.8) is 0 Å². The summed E-state index contributed by atoms with van der Waals surface area (Å²) in [7, 11) is 0. The third-order valence-corrected chi connectivity index (χ3v) is 4.95. The number of benzene rings is 2. The summed E-state index contributed by atoms with van der Waals surface area (Å²) < 4.78 is 14.4. The smallest absolute Gasteiger partial charge is 0.123 e. The van der Waals surface area contributed by atoms with Gasteiger partial charge in [0, 0.05) is 9.58 Å². The zero-order valence-electron chi connectivity index (χ0n) is 11.4. The SMILES string of the molecule is Cc1cc(F)ccc1C(C)(O)c1cc2ccccc2s1. The molecule has 1 heterocycles. The van der Waals surface area contributed by atoms with Crippen LogP contribution in [0.4, 0.5) is 4.39 Å². The van der Waals surface area contributed by atoms with Crippen LogP contribution in [-0.2, 0) is 5.60 Å². The molecule has 1 N–H and O–H groups in total. The van der Waals surface area contributed by atoms with Crippen LogP contribution in [0.15, 0.2) is 48.5 Å². The number of halogens is 1. The first-order valence-electron chi connectivity index (χ1n) is 6.46. The Morgan fingerprint density at radius 2 is 1.85 bits per heavy atom. The van der Waals surface area contributed by atoms with Gasteiger partial charge in [-0.15, -0.1) is 11.3 Å². The molecule has 0 fully saturated rings. The van der Waals surface area contributed by atoms with Crippen LogP contribution in [0.5, 0.6) is 0 Å². The first-order chi connectivity index (χ1) is 9.48. The maximum absolute atomic E-state index is 13.2. The lowest BCUT2D eigenvalue weighted by molar-refractivity contribution is 0.105. The van der Waals surface area contributed by atoms with Crippen LogP contribution in [-0.4, -0.2) is 5.11 Å². The standard InChI is InChI=1S/C17H15FOS/c1-11-9-13(18)7-8-14(11)17(2,19)16-10-12-5-3-4-6-15(12)20-16/h3-10,19H,1-2H3. The first-order valence-corrected chi connectivity index (χ1v) is 7.28. The number of hydrogen-bond donors (Lipinski definition) is 1. The summed E-state index contributed by atoms with van der Waals surface area (Å²) in [5.41, 5.74) is 0.388. The van der Waals surface area contributed by atoms with E-state index in [0.29, 0.717) is 0 Å². The quantitative estimate of drug-likeness (QED) is 0.729. The van der Waals surface area contributed by atoms with Crippen LogP contribution in [0.25, 0.3) is 10.1 Å². The highest BCUT2D eigenvalue weighted by molar-refractivity contribution is 7.19. The lowest BCUT2D eigenvalue weighted by atomic mass is 9.90. The maximum atomic E-state index is 13.2. The van der Waals surface area contributed by atoms with E-state index in [-0.39, 0.29) is 5.82 Å². The maximum Gasteiger partial charge on any atom is 0.123 e. The van der Waals surface area contributed by atoms with Crippen molar-refractivity contribution in [2.75, 3.05) is 0 Å². The Labute approximate surface area is 121 Å². The zero-order chi connectivity index (χ0) is 14.3. The van der Waals surface area contributed by atoms with Crippen molar-refractivity contribution in [2.24, 2.45) is 0 Å². The van der Waals surface area contributed by atoms with Gasteiger partial charge in [-0.05, 0) is 54.6 Å². The van der Waals surface area contributed by atoms with Crippen molar-refractivity contribution in [3.05, 3.63) is 70.4 Å². The van der Waals surface area contributed by atoms with Crippen molar-refractivity contribution in [3.8, 4) is 0 Å². The summed E-state index contributed by atoms with van der Waals surface area (Å²) in [6.07, 6.45) is 0. The Hall–Kier alpha value is -1.71. The second-order valence-electron chi connectivity index (χ2n) is 5.18. The van der Waals surface area contributed by atoms with Gasteiger partial charge < -0.3 is 5.11 Å². The fraction of sp³-hybridized carbons (Fsp3) is 0.176. The molecule has 0 saturated carbocycles. The molecule has 0 aliphatic carbocycles. The zero-order valence-corrected chi connectivity index (χ0v) is 12.2. The van der Waals surface area contributed by atoms with Gasteiger partial charge >= 0.3 is 0 Å². The van der Waals surface area contributed by atoms with Crippen LogP contribution in [0.3, 0.4) is 0 Å². The van der Waals surface area contributed by atoms with E-state index in [0.717, 1.165) is 26.1 Å². The summed E-state index contributed by atoms with van der Waals surface area (Å²) >= 11 is 1.57. The number of aliphatic hydroxyl groups is 1. The average molecular weight is 286 g/mol. The molecule has 3 heteroatoms. The molecule has 0 bridgehead atoms. The Morgan fingerprint density at radius 3 is 2.55 bits per heavy atom. The van der Waals surface area contributed by atoms with Gasteiger partial charge in [-0.25, -0.2) is 4.39 Å². The highest BCUT2D eigenvalue weighted by Crippen LogP contribution is 2.38. The largest absolute Gasteiger partial charge is 0.380 e. The molecule has 0 radical (unpaired) electrons. The molecular formula is C17H15FOS. The van der Waals surface area contributed by atoms with Gasteiger partial charge in [-0.2, -0.15) is 0 Å². The lowest BCUT2D eigenvalue weighted by Gasteiger charge is -2.24. The Morgan fingerprint density at radius 1 is 1.10 bits per heavy atom. The molecular weight excluding hydrogens is 271 g/mol. The monoisotopic (exact) mass is 286 g/mol. The summed E-state index contributed by atoms with van der Waals surface area (Å²) in [4.78, 5) is 0.869. The molecule has 0 aliphatic heterocycles. The van der Waals surface area contributed by atoms with Gasteiger partial charge in [-0.1, -0.05) is 24.3 Å². The fourth-order valence-electron chi connectivity index (χ4n) is 2.53. The summed E-state index contributed by atoms with van der Waals surface area (Å²) in [5.74, 6) is -0.279. The number of aryl methyl sites for hydroxylation is 1. The Kier molecular flexibility index (Phi) is 3.11. The van der Waals surface area contributed by atoms with Gasteiger partial charge in [-0.3, -0.25) is 0 Å². The van der Waals surface area contributed by atoms with E-state index in [1.165, 1.54) is 12.1 Å². The molecule has 102 valence electrons. The van der Waals surface area contributed by atoms with E-state index in [1.807, 2.05) is 37.3 Å². The molecule has 3 rings (SSSR count). The summed E-state index contributed by atoms with van der Waals surface area (Å²) in [6.45, 7) is 3.58. The van der Waals surface area contributed by atoms with Crippen molar-refractivity contribution < 1.29 is 9.50 Å². The van der Waals surface area contributed by atoms with Gasteiger partial charge in [0.1, 0.15) is 11.4 Å². The summed E-state index contributed by atoms with van der Waals surface area (Å²) in [6, 6.07) is 14.6. The van der Waals surface area contributed by atoms with Gasteiger partial charge in [0.25, 0.3) is 0 Å². The van der Waals surface area contributed by atoms with E-state index < -0.39 is 5.60 Å². The van der Waals surface area contributed by atoms with Gasteiger partial charge in [0.15, 0.2) is 0 Å². The number of thiophene rings is 1. The second kappa shape index (κ2) is 4.69. The molecule has 1 aromatic heterocycles. The van der Waals surface area contributed by atoms with Crippen LogP contribution >= 0.6 is 11.3 Å². The molecule has 1 atom stereocenters. The molecule has 0 amide bonds. The minimum atomic E-state index is -1.11. The molecule has 2 aromatic carbocycles. The van der Waals surface area contributed by atoms with Gasteiger partial charge in [0.05, 0.1) is 0 Å². The molecule has 0 aliphatic rings. The number of rotatable bonds is 2. The minimum Gasteiger partial charge on any atom is -0.380 e. The van der Waals surface area contributed by atoms with Gasteiger partial charge in [0.2, 0.25) is 0 Å². The molecule has 1 nitrogen and oxygen atoms in total. The van der Waals surface area contributed by atoms with Crippen LogP contribution in [0, 0.1) is 12.7 Å². The Balaban J connectivity index is 2.14. The topological polar surface area (TPSA) is 20.2 Å². The van der Waals surface area contributed by atoms with E-state index in [1.54, 1.807) is 24.3 Å². The predicted octanol–water partition coefficient (Wildman–Crippen LogP) is 4.60. The molecule has 3 aromatic rings. The highest BCUT2D eigenvalue weighted by atomic mass is 32.1. The predicted molar refractivity (Wildman–Crippen MR) is 81.6 cm³/mol. The van der Waals surface area contributed by atoms with E-state index >= 15 is 0 Å². The third kappa shape index (κ3) is 2.13. The van der Waals surface area contributed by atoms with Crippen molar-refractivity contribution >= 4 is 21.4 Å². The van der Waals surface area contributed by atoms with Crippen LogP contribution < -0.4 is 0 Å². The first kappa shape index (κ1) is 13.3. The van der Waals surface area contributed by atoms with E-state index in [2.05, 4.69) is 0 Å². The second-order valence-corrected chi connectivity index (χ2v) is 6.26. The van der Waals surface area contributed by atoms with Crippen molar-refractivity contribution in [1.82, 2.24) is 0 Å². The van der Waals surface area contributed by atoms with Crippen molar-refractivity contribution in [1.29, 1.82) is 0 Å². The van der Waals surface area contributed by atoms with Crippen LogP contribution in [0.1, 0.15) is 22.9 Å². The molecule has 0 spiro atoms. The Bertz CT molecular complexity index is 741. The highest BCUT2D eigenvalue weighted by Gasteiger charge is 2.29. The summed E-state index contributed by atoms with van der Waals surface area (Å²) in [5, 5.41) is 12.0. The number of fused-ring (bicyclic) bond motifs is 1. The lowest BCUT2D eigenvalue weighted by Crippen LogP contribution is -2.22. The van der Waals surface area contributed by atoms with E-state index in [9.17, 15) is 9.50 Å². The van der Waals surface area contributed by atoms with Crippen molar-refractivity contribution in [2.45, 2.75) is 19.4 Å². The molecule has 1 unspecified atom stereocenters. The molecule has 0 saturated heterocycles. The normalized spacial score (nSPS) is 14.4. The molecule has 20 heavy (non-hydrogen) atoms. The average Bonchev–Trinajstić information content (AvgIpc) is 2.82. The van der Waals surface area contributed by atoms with E-state index in [4.69, 9.17) is 0 Å². The fourth-order valence-corrected chi connectivity index (χ4v) is 3.65. The van der Waals surface area contributed by atoms with Crippen LogP contribution in [0.2, 0.25) is 0 Å². The minimum absolute atomic E-state index is 0.279. The third-order valence-electron chi connectivity index (χ3n) is 3.62. The number of hydrogen-bond acceptors (Lipinski definition) is 2.